The molecule has 0 N–H and O–H groups in total. The van der Waals surface area contributed by atoms with E-state index in [1.54, 1.807) is 0 Å². The number of halogens is 3. The lowest BCUT2D eigenvalue weighted by atomic mass is 9.82. The Morgan fingerprint density at radius 1 is 1.09 bits per heavy atom. The van der Waals surface area contributed by atoms with Gasteiger partial charge in [-0.05, 0) is 19.3 Å². The first kappa shape index (κ1) is 24.0. The summed E-state index contributed by atoms with van der Waals surface area (Å²) >= 11 is 0. The fraction of sp³-hybridized carbons (Fsp3) is 0.591. The molecule has 1 spiro atoms. The average molecular weight is 458 g/mol. The van der Waals surface area contributed by atoms with E-state index >= 15 is 0 Å². The third kappa shape index (κ3) is 4.20. The minimum absolute atomic E-state index is 0.0155. The minimum Gasteiger partial charge on any atom is -0.465 e. The van der Waals surface area contributed by atoms with Crippen molar-refractivity contribution in [3.05, 3.63) is 35.9 Å². The van der Waals surface area contributed by atoms with Crippen LogP contribution < -0.4 is 0 Å². The number of hydrogen-bond acceptors (Lipinski definition) is 7. The molecule has 4 atom stereocenters. The van der Waals surface area contributed by atoms with Gasteiger partial charge in [-0.2, -0.15) is 13.2 Å². The Kier molecular flexibility index (Phi) is 6.83. The SMILES string of the molecule is CO[C@@](C(=O)OC[C@H]1CC[C@@H](COC(C)=O)[C@@]12CCC(=O)O2)(c1ccccc1)C(F)(F)F. The van der Waals surface area contributed by atoms with Crippen molar-refractivity contribution in [2.24, 2.45) is 11.8 Å². The third-order valence-corrected chi connectivity index (χ3v) is 6.35. The molecule has 0 bridgehead atoms. The van der Waals surface area contributed by atoms with Crippen LogP contribution in [0, 0.1) is 11.8 Å². The molecule has 32 heavy (non-hydrogen) atoms. The first-order chi connectivity index (χ1) is 15.1. The highest BCUT2D eigenvalue weighted by molar-refractivity contribution is 5.82. The number of alkyl halides is 3. The Morgan fingerprint density at radius 2 is 1.69 bits per heavy atom. The van der Waals surface area contributed by atoms with Gasteiger partial charge in [0.2, 0.25) is 0 Å². The number of esters is 3. The molecule has 1 aliphatic heterocycles. The summed E-state index contributed by atoms with van der Waals surface area (Å²) in [5.41, 5.74) is -4.74. The van der Waals surface area contributed by atoms with E-state index in [1.165, 1.54) is 25.1 Å². The van der Waals surface area contributed by atoms with E-state index in [1.807, 2.05) is 0 Å². The van der Waals surface area contributed by atoms with E-state index in [2.05, 4.69) is 0 Å². The number of ether oxygens (including phenoxy) is 4. The van der Waals surface area contributed by atoms with Gasteiger partial charge in [-0.25, -0.2) is 4.79 Å². The van der Waals surface area contributed by atoms with Gasteiger partial charge in [0.1, 0.15) is 5.60 Å². The van der Waals surface area contributed by atoms with Gasteiger partial charge < -0.3 is 18.9 Å². The van der Waals surface area contributed by atoms with Crippen molar-refractivity contribution < 1.29 is 46.5 Å². The monoisotopic (exact) mass is 458 g/mol. The number of methoxy groups -OCH3 is 1. The lowest BCUT2D eigenvalue weighted by molar-refractivity contribution is -0.277. The minimum atomic E-state index is -5.08. The van der Waals surface area contributed by atoms with Crippen LogP contribution in [0.3, 0.4) is 0 Å². The predicted molar refractivity (Wildman–Crippen MR) is 103 cm³/mol. The summed E-state index contributed by atoms with van der Waals surface area (Å²) in [5.74, 6) is -3.39. The average Bonchev–Trinajstić information content (AvgIpc) is 3.28. The van der Waals surface area contributed by atoms with Crippen LogP contribution >= 0.6 is 0 Å². The van der Waals surface area contributed by atoms with Gasteiger partial charge in [-0.15, -0.1) is 0 Å². The second kappa shape index (κ2) is 9.09. The number of carbonyl (C=O) groups is 3. The van der Waals surface area contributed by atoms with Gasteiger partial charge in [0.05, 0.1) is 13.2 Å². The molecule has 0 amide bonds. The molecule has 1 aromatic rings. The number of hydrogen-bond donors (Lipinski definition) is 0. The quantitative estimate of drug-likeness (QED) is 0.458. The van der Waals surface area contributed by atoms with Crippen LogP contribution in [0.25, 0.3) is 0 Å². The second-order valence-electron chi connectivity index (χ2n) is 8.05. The molecule has 0 radical (unpaired) electrons. The van der Waals surface area contributed by atoms with E-state index in [0.29, 0.717) is 19.3 Å². The zero-order valence-corrected chi connectivity index (χ0v) is 17.8. The molecule has 10 heteroatoms. The number of benzene rings is 1. The topological polar surface area (TPSA) is 88.1 Å². The molecule has 1 aliphatic carbocycles. The second-order valence-corrected chi connectivity index (χ2v) is 8.05. The largest absolute Gasteiger partial charge is 0.465 e. The summed E-state index contributed by atoms with van der Waals surface area (Å²) < 4.78 is 62.8. The summed E-state index contributed by atoms with van der Waals surface area (Å²) in [5, 5.41) is 0. The van der Waals surface area contributed by atoms with Crippen LogP contribution in [0.4, 0.5) is 13.2 Å². The summed E-state index contributed by atoms with van der Waals surface area (Å²) in [4.78, 5) is 35.9. The van der Waals surface area contributed by atoms with E-state index in [9.17, 15) is 27.6 Å². The van der Waals surface area contributed by atoms with Crippen LogP contribution in [0.2, 0.25) is 0 Å². The molecular weight excluding hydrogens is 433 g/mol. The summed E-state index contributed by atoms with van der Waals surface area (Å²) in [7, 11) is 0.798. The highest BCUT2D eigenvalue weighted by Gasteiger charge is 2.64. The van der Waals surface area contributed by atoms with Crippen LogP contribution in [0.5, 0.6) is 0 Å². The molecule has 1 heterocycles. The molecule has 0 aromatic heterocycles. The van der Waals surface area contributed by atoms with Gasteiger partial charge in [0.25, 0.3) is 5.60 Å². The molecule has 176 valence electrons. The van der Waals surface area contributed by atoms with Crippen molar-refractivity contribution in [3.8, 4) is 0 Å². The van der Waals surface area contributed by atoms with E-state index in [-0.39, 0.29) is 18.9 Å². The van der Waals surface area contributed by atoms with Crippen molar-refractivity contribution >= 4 is 17.9 Å². The molecule has 1 saturated carbocycles. The molecule has 2 fully saturated rings. The van der Waals surface area contributed by atoms with Crippen LogP contribution in [-0.2, 0) is 38.9 Å². The highest BCUT2D eigenvalue weighted by atomic mass is 19.4. The predicted octanol–water partition coefficient (Wildman–Crippen LogP) is 3.30. The van der Waals surface area contributed by atoms with Crippen molar-refractivity contribution in [1.29, 1.82) is 0 Å². The summed E-state index contributed by atoms with van der Waals surface area (Å²) in [6.45, 7) is 0.880. The van der Waals surface area contributed by atoms with E-state index in [4.69, 9.17) is 18.9 Å². The highest BCUT2D eigenvalue weighted by Crippen LogP contribution is 2.50. The van der Waals surface area contributed by atoms with E-state index in [0.717, 1.165) is 19.2 Å². The Balaban J connectivity index is 1.81. The Bertz CT molecular complexity index is 857. The van der Waals surface area contributed by atoms with Crippen molar-refractivity contribution in [1.82, 2.24) is 0 Å². The lowest BCUT2D eigenvalue weighted by Crippen LogP contribution is -2.52. The zero-order chi connectivity index (χ0) is 23.6. The Hall–Kier alpha value is -2.62. The summed E-state index contributed by atoms with van der Waals surface area (Å²) in [6.07, 6.45) is -3.69. The molecular formula is C22H25F3O7. The summed E-state index contributed by atoms with van der Waals surface area (Å²) in [6, 6.07) is 6.54. The maximum atomic E-state index is 14.1. The van der Waals surface area contributed by atoms with Gasteiger partial charge in [0.15, 0.2) is 0 Å². The van der Waals surface area contributed by atoms with Crippen LogP contribution in [0.1, 0.15) is 38.2 Å². The number of rotatable bonds is 7. The normalized spacial score (nSPS) is 27.1. The fourth-order valence-corrected chi connectivity index (χ4v) is 4.74. The standard InChI is InChI=1S/C22H25F3O7/c1-14(26)30-12-16-8-9-17(20(16)11-10-18(27)32-20)13-31-19(28)21(29-2,22(23,24)25)15-6-4-3-5-7-15/h3-7,16-17H,8-13H2,1-2H3/t16-,17+,20-,21+/m0/s1. The van der Waals surface area contributed by atoms with Gasteiger partial charge in [-0.1, -0.05) is 30.3 Å². The Morgan fingerprint density at radius 3 is 2.16 bits per heavy atom. The smallest absolute Gasteiger partial charge is 0.432 e. The maximum Gasteiger partial charge on any atom is 0.432 e. The molecule has 1 saturated heterocycles. The van der Waals surface area contributed by atoms with Crippen molar-refractivity contribution in [2.75, 3.05) is 20.3 Å². The Labute approximate surface area is 183 Å². The number of carbonyl (C=O) groups excluding carboxylic acids is 3. The van der Waals surface area contributed by atoms with Gasteiger partial charge >= 0.3 is 24.1 Å². The lowest BCUT2D eigenvalue weighted by Gasteiger charge is -2.36. The fourth-order valence-electron chi connectivity index (χ4n) is 4.74. The van der Waals surface area contributed by atoms with Crippen molar-refractivity contribution in [2.45, 2.75) is 50.0 Å². The molecule has 3 rings (SSSR count). The first-order valence-corrected chi connectivity index (χ1v) is 10.3. The van der Waals surface area contributed by atoms with Gasteiger partial charge in [-0.3, -0.25) is 9.59 Å². The third-order valence-electron chi connectivity index (χ3n) is 6.35. The maximum absolute atomic E-state index is 14.1. The molecule has 0 unspecified atom stereocenters. The van der Waals surface area contributed by atoms with Crippen molar-refractivity contribution in [3.63, 3.8) is 0 Å². The van der Waals surface area contributed by atoms with Crippen LogP contribution in [-0.4, -0.2) is 50.0 Å². The van der Waals surface area contributed by atoms with E-state index < -0.39 is 53.4 Å². The molecule has 7 nitrogen and oxygen atoms in total. The molecule has 1 aromatic carbocycles. The van der Waals surface area contributed by atoms with Crippen LogP contribution in [0.15, 0.2) is 30.3 Å². The zero-order valence-electron chi connectivity index (χ0n) is 17.8. The molecule has 2 aliphatic rings. The van der Waals surface area contributed by atoms with Gasteiger partial charge in [0, 0.05) is 37.9 Å². The first-order valence-electron chi connectivity index (χ1n) is 10.3.